The van der Waals surface area contributed by atoms with E-state index in [1.807, 2.05) is 6.92 Å². The molecular weight excluding hydrogens is 293 g/mol. The number of carbonyl (C=O) groups excluding carboxylic acids is 1. The van der Waals surface area contributed by atoms with Crippen LogP contribution < -0.4 is 5.32 Å². The van der Waals surface area contributed by atoms with Crippen LogP contribution in [0.25, 0.3) is 5.69 Å². The van der Waals surface area contributed by atoms with E-state index in [1.165, 1.54) is 6.07 Å². The third kappa shape index (κ3) is 2.85. The van der Waals surface area contributed by atoms with Gasteiger partial charge in [0.05, 0.1) is 23.1 Å². The second kappa shape index (κ2) is 6.04. The van der Waals surface area contributed by atoms with Crippen LogP contribution in [0, 0.1) is 19.7 Å². The summed E-state index contributed by atoms with van der Waals surface area (Å²) in [6.45, 7) is 3.65. The van der Waals surface area contributed by atoms with Gasteiger partial charge in [-0.25, -0.2) is 4.39 Å². The fraction of sp³-hybridized carbons (Fsp3) is 0.111. The zero-order chi connectivity index (χ0) is 16.4. The molecule has 0 aliphatic heterocycles. The Balaban J connectivity index is 1.98. The monoisotopic (exact) mass is 309 g/mol. The summed E-state index contributed by atoms with van der Waals surface area (Å²) in [6, 6.07) is 11.8. The number of nitrogens with one attached hydrogen (secondary N) is 1. The van der Waals surface area contributed by atoms with Crippen molar-refractivity contribution in [2.24, 2.45) is 0 Å². The summed E-state index contributed by atoms with van der Waals surface area (Å²) >= 11 is 0. The molecule has 0 atom stereocenters. The van der Waals surface area contributed by atoms with Gasteiger partial charge in [0.1, 0.15) is 5.82 Å². The van der Waals surface area contributed by atoms with Crippen LogP contribution in [0.1, 0.15) is 21.7 Å². The first-order valence-corrected chi connectivity index (χ1v) is 7.23. The van der Waals surface area contributed by atoms with E-state index in [0.29, 0.717) is 22.6 Å². The predicted molar refractivity (Wildman–Crippen MR) is 87.4 cm³/mol. The third-order valence-electron chi connectivity index (χ3n) is 3.69. The van der Waals surface area contributed by atoms with Gasteiger partial charge in [0.15, 0.2) is 0 Å². The van der Waals surface area contributed by atoms with Gasteiger partial charge in [-0.05, 0) is 44.2 Å². The smallest absolute Gasteiger partial charge is 0.257 e. The lowest BCUT2D eigenvalue weighted by molar-refractivity contribution is 0.102. The zero-order valence-electron chi connectivity index (χ0n) is 12.9. The van der Waals surface area contributed by atoms with Gasteiger partial charge in [-0.2, -0.15) is 0 Å². The minimum absolute atomic E-state index is 0.242. The lowest BCUT2D eigenvalue weighted by Gasteiger charge is -2.11. The predicted octanol–water partition coefficient (Wildman–Crippen LogP) is 3.88. The highest BCUT2D eigenvalue weighted by Gasteiger charge is 2.18. The van der Waals surface area contributed by atoms with Crippen molar-refractivity contribution < 1.29 is 9.18 Å². The van der Waals surface area contributed by atoms with Crippen LogP contribution in [0.3, 0.4) is 0 Å². The van der Waals surface area contributed by atoms with Crippen molar-refractivity contribution in [2.45, 2.75) is 13.8 Å². The molecule has 2 heterocycles. The Morgan fingerprint density at radius 1 is 1.17 bits per heavy atom. The van der Waals surface area contributed by atoms with E-state index in [1.54, 1.807) is 60.3 Å². The normalized spacial score (nSPS) is 10.6. The van der Waals surface area contributed by atoms with Crippen LogP contribution in [0.15, 0.2) is 54.9 Å². The second-order valence-corrected chi connectivity index (χ2v) is 5.27. The lowest BCUT2D eigenvalue weighted by Crippen LogP contribution is -2.13. The second-order valence-electron chi connectivity index (χ2n) is 5.27. The summed E-state index contributed by atoms with van der Waals surface area (Å²) in [5.74, 6) is -0.567. The number of amides is 1. The number of anilines is 1. The Morgan fingerprint density at radius 2 is 1.96 bits per heavy atom. The Kier molecular flexibility index (Phi) is 3.93. The molecule has 23 heavy (non-hydrogen) atoms. The van der Waals surface area contributed by atoms with Gasteiger partial charge < -0.3 is 9.88 Å². The first kappa shape index (κ1) is 15.0. The lowest BCUT2D eigenvalue weighted by atomic mass is 10.2. The Labute approximate surface area is 133 Å². The first-order valence-electron chi connectivity index (χ1n) is 7.23. The van der Waals surface area contributed by atoms with Crippen molar-refractivity contribution in [3.05, 3.63) is 77.6 Å². The molecule has 116 valence electrons. The van der Waals surface area contributed by atoms with Crippen molar-refractivity contribution in [1.29, 1.82) is 0 Å². The first-order chi connectivity index (χ1) is 11.1. The third-order valence-corrected chi connectivity index (χ3v) is 3.69. The van der Waals surface area contributed by atoms with E-state index in [4.69, 9.17) is 0 Å². The van der Waals surface area contributed by atoms with Crippen LogP contribution in [0.4, 0.5) is 10.1 Å². The largest absolute Gasteiger partial charge is 0.321 e. The number of hydrogen-bond acceptors (Lipinski definition) is 2. The molecular formula is C18H16FN3O. The average Bonchev–Trinajstić information content (AvgIpc) is 2.84. The number of benzene rings is 1. The summed E-state index contributed by atoms with van der Waals surface area (Å²) in [5.41, 5.74) is 3.05. The molecule has 0 spiro atoms. The molecule has 0 saturated carbocycles. The summed E-state index contributed by atoms with van der Waals surface area (Å²) in [5, 5.41) is 2.80. The van der Waals surface area contributed by atoms with Gasteiger partial charge >= 0.3 is 0 Å². The van der Waals surface area contributed by atoms with E-state index in [9.17, 15) is 9.18 Å². The van der Waals surface area contributed by atoms with Crippen LogP contribution in [0.5, 0.6) is 0 Å². The van der Waals surface area contributed by atoms with Gasteiger partial charge in [0.25, 0.3) is 5.91 Å². The number of pyridine rings is 1. The molecule has 3 aromatic rings. The zero-order valence-corrected chi connectivity index (χ0v) is 12.9. The standard InChI is InChI=1S/C18H16FN3O/c1-12-10-15(18(23)21-14-6-5-9-20-11-14)13(2)22(12)17-8-4-3-7-16(17)19/h3-11H,1-2H3,(H,21,23). The van der Waals surface area contributed by atoms with E-state index < -0.39 is 0 Å². The number of carbonyl (C=O) groups is 1. The van der Waals surface area contributed by atoms with Gasteiger partial charge in [-0.15, -0.1) is 0 Å². The van der Waals surface area contributed by atoms with Crippen LogP contribution >= 0.6 is 0 Å². The van der Waals surface area contributed by atoms with Gasteiger partial charge in [-0.1, -0.05) is 12.1 Å². The summed E-state index contributed by atoms with van der Waals surface area (Å²) in [6.07, 6.45) is 3.22. The highest BCUT2D eigenvalue weighted by atomic mass is 19.1. The molecule has 1 aromatic carbocycles. The minimum Gasteiger partial charge on any atom is -0.321 e. The van der Waals surface area contributed by atoms with Crippen molar-refractivity contribution in [1.82, 2.24) is 9.55 Å². The maximum absolute atomic E-state index is 14.1. The minimum atomic E-state index is -0.325. The average molecular weight is 309 g/mol. The van der Waals surface area contributed by atoms with E-state index in [0.717, 1.165) is 5.69 Å². The summed E-state index contributed by atoms with van der Waals surface area (Å²) < 4.78 is 15.8. The molecule has 5 heteroatoms. The van der Waals surface area contributed by atoms with Crippen molar-refractivity contribution >= 4 is 11.6 Å². The number of rotatable bonds is 3. The van der Waals surface area contributed by atoms with Crippen LogP contribution in [0.2, 0.25) is 0 Å². The molecule has 0 saturated heterocycles. The van der Waals surface area contributed by atoms with E-state index in [2.05, 4.69) is 10.3 Å². The van der Waals surface area contributed by atoms with Crippen LogP contribution in [-0.4, -0.2) is 15.5 Å². The molecule has 0 fully saturated rings. The fourth-order valence-corrected chi connectivity index (χ4v) is 2.63. The number of nitrogens with zero attached hydrogens (tertiary/aromatic N) is 2. The molecule has 0 bridgehead atoms. The number of hydrogen-bond donors (Lipinski definition) is 1. The Bertz CT molecular complexity index is 856. The molecule has 3 rings (SSSR count). The van der Waals surface area contributed by atoms with Crippen molar-refractivity contribution in [2.75, 3.05) is 5.32 Å². The molecule has 0 aliphatic rings. The highest BCUT2D eigenvalue weighted by Crippen LogP contribution is 2.23. The summed E-state index contributed by atoms with van der Waals surface area (Å²) in [4.78, 5) is 16.4. The fourth-order valence-electron chi connectivity index (χ4n) is 2.63. The van der Waals surface area contributed by atoms with Crippen LogP contribution in [-0.2, 0) is 0 Å². The SMILES string of the molecule is Cc1cc(C(=O)Nc2cccnc2)c(C)n1-c1ccccc1F. The molecule has 2 aromatic heterocycles. The van der Waals surface area contributed by atoms with Crippen molar-refractivity contribution in [3.63, 3.8) is 0 Å². The van der Waals surface area contributed by atoms with E-state index in [-0.39, 0.29) is 11.7 Å². The molecule has 0 aliphatic carbocycles. The van der Waals surface area contributed by atoms with Crippen molar-refractivity contribution in [3.8, 4) is 5.69 Å². The molecule has 1 N–H and O–H groups in total. The number of aryl methyl sites for hydroxylation is 1. The number of aromatic nitrogens is 2. The number of halogens is 1. The quantitative estimate of drug-likeness (QED) is 0.798. The Morgan fingerprint density at radius 3 is 2.65 bits per heavy atom. The van der Waals surface area contributed by atoms with Gasteiger partial charge in [0.2, 0.25) is 0 Å². The molecule has 1 amide bonds. The Hall–Kier alpha value is -2.95. The molecule has 0 unspecified atom stereocenters. The molecule has 0 radical (unpaired) electrons. The maximum atomic E-state index is 14.1. The number of para-hydroxylation sites is 1. The summed E-state index contributed by atoms with van der Waals surface area (Å²) in [7, 11) is 0. The van der Waals surface area contributed by atoms with Gasteiger partial charge in [-0.3, -0.25) is 9.78 Å². The maximum Gasteiger partial charge on any atom is 0.257 e. The molecule has 4 nitrogen and oxygen atoms in total. The topological polar surface area (TPSA) is 46.9 Å². The van der Waals surface area contributed by atoms with Gasteiger partial charge in [0, 0.05) is 17.6 Å². The highest BCUT2D eigenvalue weighted by molar-refractivity contribution is 6.05. The van der Waals surface area contributed by atoms with E-state index >= 15 is 0 Å².